The molecule has 5 heteroatoms. The monoisotopic (exact) mass is 260 g/mol. The minimum absolute atomic E-state index is 0.0255. The van der Waals surface area contributed by atoms with Gasteiger partial charge in [-0.25, -0.2) is 0 Å². The summed E-state index contributed by atoms with van der Waals surface area (Å²) in [5, 5.41) is 8.83. The van der Waals surface area contributed by atoms with Crippen LogP contribution in [0.4, 0.5) is 0 Å². The number of rotatable bonds is 4. The van der Waals surface area contributed by atoms with Gasteiger partial charge in [-0.2, -0.15) is 5.26 Å². The van der Waals surface area contributed by atoms with E-state index in [1.165, 1.54) is 0 Å². The third kappa shape index (κ3) is 3.53. The number of nitriles is 1. The molecule has 0 aliphatic carbocycles. The smallest absolute Gasteiger partial charge is 0.176 e. The summed E-state index contributed by atoms with van der Waals surface area (Å²) in [4.78, 5) is 14.1. The number of ether oxygens (including phenoxy) is 2. The van der Waals surface area contributed by atoms with Crippen molar-refractivity contribution < 1.29 is 14.3 Å². The Labute approximate surface area is 112 Å². The first kappa shape index (κ1) is 13.5. The number of hydrogen-bond donors (Lipinski definition) is 0. The molecule has 0 aromatic heterocycles. The summed E-state index contributed by atoms with van der Waals surface area (Å²) in [5.74, 6) is 0.695. The highest BCUT2D eigenvalue weighted by atomic mass is 16.5. The number of ketones is 1. The average molecular weight is 260 g/mol. The van der Waals surface area contributed by atoms with Crippen molar-refractivity contribution in [2.75, 3.05) is 33.4 Å². The Hall–Kier alpha value is -1.90. The topological polar surface area (TPSA) is 62.6 Å². The molecule has 0 spiro atoms. The summed E-state index contributed by atoms with van der Waals surface area (Å²) in [6.45, 7) is 1.94. The zero-order valence-corrected chi connectivity index (χ0v) is 10.8. The zero-order chi connectivity index (χ0) is 13.7. The van der Waals surface area contributed by atoms with Crippen molar-refractivity contribution in [3.05, 3.63) is 29.8 Å². The molecule has 100 valence electrons. The van der Waals surface area contributed by atoms with Crippen LogP contribution in [0.15, 0.2) is 24.3 Å². The van der Waals surface area contributed by atoms with Crippen LogP contribution >= 0.6 is 0 Å². The van der Waals surface area contributed by atoms with Gasteiger partial charge < -0.3 is 9.47 Å². The van der Waals surface area contributed by atoms with Crippen LogP contribution in [-0.2, 0) is 4.74 Å². The van der Waals surface area contributed by atoms with Crippen LogP contribution in [0.3, 0.4) is 0 Å². The molecule has 0 amide bonds. The second-order valence-electron chi connectivity index (χ2n) is 4.38. The maximum Gasteiger partial charge on any atom is 0.176 e. The van der Waals surface area contributed by atoms with Crippen molar-refractivity contribution in [1.29, 1.82) is 5.26 Å². The number of nitrogens with zero attached hydrogens (tertiary/aromatic N) is 2. The summed E-state index contributed by atoms with van der Waals surface area (Å²) >= 11 is 0. The number of morpholine rings is 1. The third-order valence-electron chi connectivity index (χ3n) is 3.05. The van der Waals surface area contributed by atoms with Gasteiger partial charge in [0, 0.05) is 18.7 Å². The molecule has 5 nitrogen and oxygen atoms in total. The van der Waals surface area contributed by atoms with E-state index < -0.39 is 6.10 Å². The first-order valence-electron chi connectivity index (χ1n) is 6.14. The molecule has 1 atom stereocenters. The second-order valence-corrected chi connectivity index (χ2v) is 4.38. The Morgan fingerprint density at radius 2 is 2.47 bits per heavy atom. The van der Waals surface area contributed by atoms with Crippen molar-refractivity contribution >= 4 is 5.78 Å². The highest BCUT2D eigenvalue weighted by molar-refractivity contribution is 5.97. The molecule has 0 bridgehead atoms. The normalized spacial score (nSPS) is 19.7. The van der Waals surface area contributed by atoms with Gasteiger partial charge in [-0.1, -0.05) is 12.1 Å². The number of Topliss-reactive ketones (excluding diaryl/α,β-unsaturated/α-hetero) is 1. The second kappa shape index (κ2) is 6.32. The fourth-order valence-corrected chi connectivity index (χ4v) is 2.02. The van der Waals surface area contributed by atoms with E-state index in [0.717, 1.165) is 0 Å². The van der Waals surface area contributed by atoms with Gasteiger partial charge in [0.05, 0.1) is 26.3 Å². The lowest BCUT2D eigenvalue weighted by atomic mass is 10.1. The van der Waals surface area contributed by atoms with Gasteiger partial charge in [0.25, 0.3) is 0 Å². The van der Waals surface area contributed by atoms with Gasteiger partial charge in [0.15, 0.2) is 11.9 Å². The van der Waals surface area contributed by atoms with E-state index in [1.807, 2.05) is 4.90 Å². The standard InChI is InChI=1S/C14H16N2O3/c1-18-12-4-2-3-11(7-12)14(17)10-16-5-6-19-13(8-15)9-16/h2-4,7,13H,5-6,9-10H2,1H3. The molecule has 2 rings (SSSR count). The average Bonchev–Trinajstić information content (AvgIpc) is 2.47. The molecule has 1 unspecified atom stereocenters. The van der Waals surface area contributed by atoms with Crippen molar-refractivity contribution in [3.8, 4) is 11.8 Å². The molecule has 1 saturated heterocycles. The Kier molecular flexibility index (Phi) is 4.50. The summed E-state index contributed by atoms with van der Waals surface area (Å²) in [6, 6.07) is 9.17. The molecule has 0 radical (unpaired) electrons. The largest absolute Gasteiger partial charge is 0.497 e. The highest BCUT2D eigenvalue weighted by Gasteiger charge is 2.22. The Morgan fingerprint density at radius 3 is 3.21 bits per heavy atom. The minimum atomic E-state index is -0.438. The van der Waals surface area contributed by atoms with E-state index >= 15 is 0 Å². The molecular weight excluding hydrogens is 244 g/mol. The lowest BCUT2D eigenvalue weighted by Crippen LogP contribution is -2.44. The van der Waals surface area contributed by atoms with Crippen LogP contribution < -0.4 is 4.74 Å². The summed E-state index contributed by atoms with van der Waals surface area (Å²) in [7, 11) is 1.57. The van der Waals surface area contributed by atoms with Crippen molar-refractivity contribution in [2.45, 2.75) is 6.10 Å². The van der Waals surface area contributed by atoms with Crippen molar-refractivity contribution in [1.82, 2.24) is 4.90 Å². The first-order chi connectivity index (χ1) is 9.22. The predicted molar refractivity (Wildman–Crippen MR) is 69.1 cm³/mol. The van der Waals surface area contributed by atoms with Gasteiger partial charge in [0.2, 0.25) is 0 Å². The maximum atomic E-state index is 12.2. The van der Waals surface area contributed by atoms with E-state index in [4.69, 9.17) is 14.7 Å². The summed E-state index contributed by atoms with van der Waals surface area (Å²) in [5.41, 5.74) is 0.624. The molecule has 1 fully saturated rings. The molecule has 1 aromatic carbocycles. The molecular formula is C14H16N2O3. The van der Waals surface area contributed by atoms with Crippen LogP contribution in [0.1, 0.15) is 10.4 Å². The van der Waals surface area contributed by atoms with Crippen molar-refractivity contribution in [3.63, 3.8) is 0 Å². The van der Waals surface area contributed by atoms with Crippen molar-refractivity contribution in [2.24, 2.45) is 0 Å². The van der Waals surface area contributed by atoms with Gasteiger partial charge in [0.1, 0.15) is 5.75 Å². The lowest BCUT2D eigenvalue weighted by Gasteiger charge is -2.28. The summed E-state index contributed by atoms with van der Waals surface area (Å²) in [6.07, 6.45) is -0.438. The van der Waals surface area contributed by atoms with E-state index in [-0.39, 0.29) is 5.78 Å². The number of methoxy groups -OCH3 is 1. The van der Waals surface area contributed by atoms with Gasteiger partial charge in [-0.3, -0.25) is 9.69 Å². The molecule has 0 saturated carbocycles. The molecule has 0 N–H and O–H groups in total. The quantitative estimate of drug-likeness (QED) is 0.759. The highest BCUT2D eigenvalue weighted by Crippen LogP contribution is 2.14. The molecule has 19 heavy (non-hydrogen) atoms. The zero-order valence-electron chi connectivity index (χ0n) is 10.8. The lowest BCUT2D eigenvalue weighted by molar-refractivity contribution is 0.00241. The molecule has 1 aromatic rings. The number of carbonyl (C=O) groups is 1. The van der Waals surface area contributed by atoms with E-state index in [1.54, 1.807) is 31.4 Å². The van der Waals surface area contributed by atoms with Crippen LogP contribution in [0, 0.1) is 11.3 Å². The van der Waals surface area contributed by atoms with E-state index in [9.17, 15) is 4.79 Å². The van der Waals surface area contributed by atoms with Gasteiger partial charge in [-0.05, 0) is 12.1 Å². The van der Waals surface area contributed by atoms with Gasteiger partial charge >= 0.3 is 0 Å². The Bertz CT molecular complexity index is 496. The molecule has 1 aliphatic heterocycles. The van der Waals surface area contributed by atoms with Crippen LogP contribution in [0.2, 0.25) is 0 Å². The molecule has 1 heterocycles. The Morgan fingerprint density at radius 1 is 1.63 bits per heavy atom. The minimum Gasteiger partial charge on any atom is -0.497 e. The van der Waals surface area contributed by atoms with E-state index in [0.29, 0.717) is 37.6 Å². The maximum absolute atomic E-state index is 12.2. The van der Waals surface area contributed by atoms with Crippen LogP contribution in [-0.4, -0.2) is 50.1 Å². The van der Waals surface area contributed by atoms with Crippen LogP contribution in [0.5, 0.6) is 5.75 Å². The summed E-state index contributed by atoms with van der Waals surface area (Å²) < 4.78 is 10.3. The Balaban J connectivity index is 1.98. The van der Waals surface area contributed by atoms with Gasteiger partial charge in [-0.15, -0.1) is 0 Å². The fraction of sp³-hybridized carbons (Fsp3) is 0.429. The number of hydrogen-bond acceptors (Lipinski definition) is 5. The SMILES string of the molecule is COc1cccc(C(=O)CN2CCOC(C#N)C2)c1. The van der Waals surface area contributed by atoms with Crippen LogP contribution in [0.25, 0.3) is 0 Å². The number of benzene rings is 1. The third-order valence-corrected chi connectivity index (χ3v) is 3.05. The number of carbonyl (C=O) groups excluding carboxylic acids is 1. The first-order valence-corrected chi connectivity index (χ1v) is 6.14. The molecule has 1 aliphatic rings. The van der Waals surface area contributed by atoms with E-state index in [2.05, 4.69) is 6.07 Å². The predicted octanol–water partition coefficient (Wildman–Crippen LogP) is 1.10. The fourth-order valence-electron chi connectivity index (χ4n) is 2.02.